The van der Waals surface area contributed by atoms with Gasteiger partial charge < -0.3 is 4.74 Å². The highest BCUT2D eigenvalue weighted by atomic mass is 35.5. The summed E-state index contributed by atoms with van der Waals surface area (Å²) in [5.41, 5.74) is -0.129. The van der Waals surface area contributed by atoms with Crippen molar-refractivity contribution in [3.05, 3.63) is 28.8 Å². The summed E-state index contributed by atoms with van der Waals surface area (Å²) >= 11 is 5.61. The first-order chi connectivity index (χ1) is 6.79. The quantitative estimate of drug-likeness (QED) is 0.643. The fourth-order valence-electron chi connectivity index (χ4n) is 0.665. The van der Waals surface area contributed by atoms with Gasteiger partial charge in [0.25, 0.3) is 0 Å². The van der Waals surface area contributed by atoms with Gasteiger partial charge in [0.15, 0.2) is 6.26 Å². The molecule has 0 aliphatic rings. The number of hydrogen-bond donors (Lipinski definition) is 0. The molecule has 0 amide bonds. The van der Waals surface area contributed by atoms with Crippen molar-refractivity contribution < 1.29 is 15.0 Å². The summed E-state index contributed by atoms with van der Waals surface area (Å²) in [5.74, 6) is -0.206. The first-order valence-electron chi connectivity index (χ1n) is 4.79. The maximum Gasteiger partial charge on any atom is 0.153 e. The van der Waals surface area contributed by atoms with Gasteiger partial charge in [-0.1, -0.05) is 11.6 Å². The molecule has 0 radical (unpaired) electrons. The van der Waals surface area contributed by atoms with E-state index < -0.39 is 13.3 Å². The Balaban J connectivity index is 3.13. The van der Waals surface area contributed by atoms with E-state index in [0.717, 1.165) is 0 Å². The summed E-state index contributed by atoms with van der Waals surface area (Å²) in [7, 11) is -2.67. The molecule has 1 aromatic rings. The molecule has 0 aliphatic heterocycles. The molecule has 3 heteroatoms. The number of benzene rings is 1. The molecule has 0 heterocycles. The SMILES string of the molecule is [2H]C(=O)c1ccc(Cl)cc1OC([2H])([2H])[2H]. The monoisotopic (exact) mass is 174 g/mol. The highest BCUT2D eigenvalue weighted by molar-refractivity contribution is 6.30. The molecule has 0 saturated carbocycles. The summed E-state index contributed by atoms with van der Waals surface area (Å²) in [6.07, 6.45) is -1.02. The number of carbonyl (C=O) groups excluding carboxylic acids is 1. The summed E-state index contributed by atoms with van der Waals surface area (Å²) in [6, 6.07) is 3.82. The third kappa shape index (κ3) is 1.71. The molecule has 0 aliphatic carbocycles. The van der Waals surface area contributed by atoms with Crippen LogP contribution in [0.3, 0.4) is 0 Å². The van der Waals surface area contributed by atoms with Crippen molar-refractivity contribution >= 4 is 17.9 Å². The van der Waals surface area contributed by atoms with E-state index in [9.17, 15) is 4.79 Å². The fraction of sp³-hybridized carbons (Fsp3) is 0.125. The summed E-state index contributed by atoms with van der Waals surface area (Å²) < 4.78 is 32.1. The third-order valence-electron chi connectivity index (χ3n) is 1.16. The van der Waals surface area contributed by atoms with E-state index in [4.69, 9.17) is 17.1 Å². The van der Waals surface area contributed by atoms with E-state index in [1.807, 2.05) is 0 Å². The molecule has 0 bridgehead atoms. The van der Waals surface area contributed by atoms with Crippen molar-refractivity contribution in [1.29, 1.82) is 0 Å². The van der Waals surface area contributed by atoms with Crippen LogP contribution in [0.2, 0.25) is 5.02 Å². The predicted molar refractivity (Wildman–Crippen MR) is 43.4 cm³/mol. The van der Waals surface area contributed by atoms with Crippen LogP contribution in [-0.2, 0) is 0 Å². The second-order valence-corrected chi connectivity index (χ2v) is 2.28. The van der Waals surface area contributed by atoms with Gasteiger partial charge in [0, 0.05) is 5.02 Å². The molecule has 0 N–H and O–H groups in total. The molecule has 0 unspecified atom stereocenters. The van der Waals surface area contributed by atoms with Crippen LogP contribution in [0.1, 0.15) is 15.8 Å². The molecule has 2 nitrogen and oxygen atoms in total. The molecule has 0 aromatic heterocycles. The average Bonchev–Trinajstić information content (AvgIpc) is 1.99. The minimum atomic E-state index is -2.67. The number of aldehydes is 1. The number of halogens is 1. The summed E-state index contributed by atoms with van der Waals surface area (Å²) in [4.78, 5) is 10.8. The number of ether oxygens (including phenoxy) is 1. The summed E-state index contributed by atoms with van der Waals surface area (Å²) in [5, 5.41) is 0.235. The average molecular weight is 175 g/mol. The van der Waals surface area contributed by atoms with Gasteiger partial charge in [-0.3, -0.25) is 4.79 Å². The van der Waals surface area contributed by atoms with Gasteiger partial charge in [0.1, 0.15) is 7.12 Å². The van der Waals surface area contributed by atoms with Crippen molar-refractivity contribution in [2.24, 2.45) is 0 Å². The molecule has 0 spiro atoms. The van der Waals surface area contributed by atoms with E-state index in [0.29, 0.717) is 0 Å². The lowest BCUT2D eigenvalue weighted by Gasteiger charge is -2.01. The molecule has 11 heavy (non-hydrogen) atoms. The molecular formula is C8H7ClO2. The van der Waals surface area contributed by atoms with Crippen LogP contribution in [0, 0.1) is 0 Å². The van der Waals surface area contributed by atoms with Gasteiger partial charge in [-0.15, -0.1) is 0 Å². The smallest absolute Gasteiger partial charge is 0.153 e. The van der Waals surface area contributed by atoms with E-state index in [1.54, 1.807) is 0 Å². The Hall–Kier alpha value is -1.02. The van der Waals surface area contributed by atoms with Crippen molar-refractivity contribution in [3.63, 3.8) is 0 Å². The molecule has 1 aromatic carbocycles. The molecule has 0 saturated heterocycles. The van der Waals surface area contributed by atoms with Crippen molar-refractivity contribution in [2.75, 3.05) is 7.04 Å². The highest BCUT2D eigenvalue weighted by Crippen LogP contribution is 2.21. The number of methoxy groups -OCH3 is 1. The lowest BCUT2D eigenvalue weighted by atomic mass is 10.2. The van der Waals surface area contributed by atoms with Crippen LogP contribution < -0.4 is 4.74 Å². The zero-order valence-electron chi connectivity index (χ0n) is 9.43. The van der Waals surface area contributed by atoms with Crippen LogP contribution in [0.4, 0.5) is 0 Å². The Kier molecular flexibility index (Phi) is 1.27. The van der Waals surface area contributed by atoms with Crippen LogP contribution >= 0.6 is 11.6 Å². The minimum Gasteiger partial charge on any atom is -0.496 e. The Bertz CT molecular complexity index is 389. The molecule has 0 fully saturated rings. The third-order valence-corrected chi connectivity index (χ3v) is 1.40. The van der Waals surface area contributed by atoms with Crippen LogP contribution in [0.5, 0.6) is 5.75 Å². The van der Waals surface area contributed by atoms with Gasteiger partial charge in [-0.2, -0.15) is 0 Å². The number of carbonyl (C=O) groups is 1. The lowest BCUT2D eigenvalue weighted by molar-refractivity contribution is 0.112. The lowest BCUT2D eigenvalue weighted by Crippen LogP contribution is -1.89. The van der Waals surface area contributed by atoms with Gasteiger partial charge in [0.2, 0.25) is 0 Å². The minimum absolute atomic E-state index is 0.129. The summed E-state index contributed by atoms with van der Waals surface area (Å²) in [6.45, 7) is 0. The maximum atomic E-state index is 10.8. The first-order valence-corrected chi connectivity index (χ1v) is 3.17. The second-order valence-electron chi connectivity index (χ2n) is 1.84. The topological polar surface area (TPSA) is 26.3 Å². The van der Waals surface area contributed by atoms with Crippen LogP contribution in [0.25, 0.3) is 0 Å². The molecular weight excluding hydrogens is 164 g/mol. The van der Waals surface area contributed by atoms with Gasteiger partial charge in [0.05, 0.1) is 16.7 Å². The van der Waals surface area contributed by atoms with E-state index in [2.05, 4.69) is 4.74 Å². The van der Waals surface area contributed by atoms with E-state index in [1.165, 1.54) is 18.2 Å². The largest absolute Gasteiger partial charge is 0.496 e. The van der Waals surface area contributed by atoms with Crippen LogP contribution in [-0.4, -0.2) is 13.3 Å². The van der Waals surface area contributed by atoms with E-state index in [-0.39, 0.29) is 16.3 Å². The zero-order valence-corrected chi connectivity index (χ0v) is 6.18. The standard InChI is InChI=1S/C8H7ClO2/c1-11-8-4-7(9)3-2-6(8)5-10/h2-5H,1H3/i1D3,5D. The van der Waals surface area contributed by atoms with Gasteiger partial charge in [-0.05, 0) is 18.2 Å². The Labute approximate surface area is 75.4 Å². The number of rotatable bonds is 2. The number of hydrogen-bond acceptors (Lipinski definition) is 2. The highest BCUT2D eigenvalue weighted by Gasteiger charge is 2.00. The van der Waals surface area contributed by atoms with Gasteiger partial charge >= 0.3 is 0 Å². The van der Waals surface area contributed by atoms with Gasteiger partial charge in [-0.25, -0.2) is 0 Å². The Morgan fingerprint density at radius 3 is 3.27 bits per heavy atom. The fourth-order valence-corrected chi connectivity index (χ4v) is 0.827. The molecule has 1 rings (SSSR count). The Morgan fingerprint density at radius 1 is 1.82 bits per heavy atom. The molecule has 0 atom stereocenters. The predicted octanol–water partition coefficient (Wildman–Crippen LogP) is 2.16. The first kappa shape index (κ1) is 4.12. The van der Waals surface area contributed by atoms with Crippen LogP contribution in [0.15, 0.2) is 18.2 Å². The van der Waals surface area contributed by atoms with Crippen molar-refractivity contribution in [2.45, 2.75) is 0 Å². The second kappa shape index (κ2) is 3.39. The zero-order chi connectivity index (χ0) is 11.6. The normalized spacial score (nSPS) is 15.7. The Morgan fingerprint density at radius 2 is 2.64 bits per heavy atom. The van der Waals surface area contributed by atoms with Crippen molar-refractivity contribution in [1.82, 2.24) is 0 Å². The molecule has 58 valence electrons. The van der Waals surface area contributed by atoms with Crippen molar-refractivity contribution in [3.8, 4) is 5.75 Å². The van der Waals surface area contributed by atoms with E-state index >= 15 is 0 Å². The maximum absolute atomic E-state index is 10.8.